The molecule has 0 aliphatic carbocycles. The predicted molar refractivity (Wildman–Crippen MR) is 324 cm³/mol. The van der Waals surface area contributed by atoms with Crippen molar-refractivity contribution < 1.29 is 28.6 Å². The van der Waals surface area contributed by atoms with Crippen molar-refractivity contribution in [3.63, 3.8) is 0 Å². The fourth-order valence-electron chi connectivity index (χ4n) is 7.03. The number of hydrogen-bond acceptors (Lipinski definition) is 6. The van der Waals surface area contributed by atoms with E-state index in [-0.39, 0.29) is 44.0 Å². The van der Waals surface area contributed by atoms with Crippen LogP contribution in [0.5, 0.6) is 0 Å². The van der Waals surface area contributed by atoms with Crippen LogP contribution in [-0.2, 0) is 28.6 Å². The van der Waals surface area contributed by atoms with Crippen LogP contribution in [0.2, 0.25) is 0 Å². The summed E-state index contributed by atoms with van der Waals surface area (Å²) in [6, 6.07) is 0. The van der Waals surface area contributed by atoms with Gasteiger partial charge in [0.25, 0.3) is 0 Å². The normalized spacial score (nSPS) is 13.6. The van der Waals surface area contributed by atoms with Crippen molar-refractivity contribution in [3.8, 4) is 0 Å². The molecule has 1 unspecified atom stereocenters. The second-order valence-corrected chi connectivity index (χ2v) is 18.2. The summed E-state index contributed by atoms with van der Waals surface area (Å²) in [5, 5.41) is 0. The molecular formula is C69H102O6. The number of unbranched alkanes of at least 4 members (excludes halogenated alkanes) is 12. The summed E-state index contributed by atoms with van der Waals surface area (Å²) in [6.45, 7) is 6.16. The predicted octanol–water partition coefficient (Wildman–Crippen LogP) is 19.9. The minimum absolute atomic E-state index is 0.126. The van der Waals surface area contributed by atoms with Gasteiger partial charge in [0.15, 0.2) is 6.10 Å². The maximum Gasteiger partial charge on any atom is 0.306 e. The third-order valence-corrected chi connectivity index (χ3v) is 11.3. The first-order valence-corrected chi connectivity index (χ1v) is 29.0. The molecule has 0 saturated carbocycles. The first-order valence-electron chi connectivity index (χ1n) is 29.0. The molecular weight excluding hydrogens is 925 g/mol. The molecule has 0 heterocycles. The summed E-state index contributed by atoms with van der Waals surface area (Å²) in [5.41, 5.74) is 0. The topological polar surface area (TPSA) is 78.9 Å². The summed E-state index contributed by atoms with van der Waals surface area (Å²) in [6.07, 6.45) is 92.7. The van der Waals surface area contributed by atoms with Gasteiger partial charge in [-0.1, -0.05) is 254 Å². The molecule has 0 N–H and O–H groups in total. The van der Waals surface area contributed by atoms with Crippen molar-refractivity contribution in [2.75, 3.05) is 13.2 Å². The van der Waals surface area contributed by atoms with E-state index in [1.807, 2.05) is 72.9 Å². The van der Waals surface area contributed by atoms with Gasteiger partial charge >= 0.3 is 17.9 Å². The first kappa shape index (κ1) is 69.2. The fraction of sp³-hybridized carbons (Fsp3) is 0.493. The van der Waals surface area contributed by atoms with E-state index in [1.54, 1.807) is 0 Å². The molecule has 6 nitrogen and oxygen atoms in total. The number of hydrogen-bond donors (Lipinski definition) is 0. The molecule has 0 aromatic rings. The van der Waals surface area contributed by atoms with E-state index in [1.165, 1.54) is 12.8 Å². The van der Waals surface area contributed by atoms with Crippen LogP contribution in [0.4, 0.5) is 0 Å². The molecule has 0 fully saturated rings. The Morgan fingerprint density at radius 1 is 0.280 bits per heavy atom. The Bertz CT molecular complexity index is 1850. The minimum atomic E-state index is -0.835. The van der Waals surface area contributed by atoms with E-state index in [0.29, 0.717) is 19.3 Å². The van der Waals surface area contributed by atoms with E-state index in [4.69, 9.17) is 14.2 Å². The van der Waals surface area contributed by atoms with Gasteiger partial charge < -0.3 is 14.2 Å². The molecule has 0 aliphatic rings. The van der Waals surface area contributed by atoms with E-state index in [0.717, 1.165) is 135 Å². The van der Waals surface area contributed by atoms with Crippen LogP contribution in [0.1, 0.15) is 201 Å². The number of rotatable bonds is 49. The number of esters is 3. The van der Waals surface area contributed by atoms with Gasteiger partial charge in [0, 0.05) is 19.3 Å². The smallest absolute Gasteiger partial charge is 0.306 e. The number of ether oxygens (including phenoxy) is 3. The number of carbonyl (C=O) groups is 3. The van der Waals surface area contributed by atoms with Gasteiger partial charge in [-0.15, -0.1) is 0 Å². The highest BCUT2D eigenvalue weighted by molar-refractivity contribution is 5.71. The average Bonchev–Trinajstić information content (AvgIpc) is 3.41. The van der Waals surface area contributed by atoms with Crippen LogP contribution in [0.15, 0.2) is 194 Å². The zero-order valence-corrected chi connectivity index (χ0v) is 47.2. The number of allylic oxidation sites excluding steroid dienone is 32. The van der Waals surface area contributed by atoms with E-state index >= 15 is 0 Å². The van der Waals surface area contributed by atoms with Gasteiger partial charge in [0.1, 0.15) is 13.2 Å². The highest BCUT2D eigenvalue weighted by Crippen LogP contribution is 2.12. The molecule has 0 saturated heterocycles. The van der Waals surface area contributed by atoms with Crippen LogP contribution < -0.4 is 0 Å². The molecule has 0 bridgehead atoms. The SMILES string of the molecule is CC\C=C/C=C\C=C/C=C\C=C\C=C/C=C\CCCCCC(=O)OCC(COC(=O)CCCCCCCC/C=C\C/C=C\C/C=C\C/C=C\CC)OC(=O)CCCCC/C=C\C/C=C\C/C=C\C/C=C\C/C=C\CC. The molecule has 75 heavy (non-hydrogen) atoms. The largest absolute Gasteiger partial charge is 0.462 e. The van der Waals surface area contributed by atoms with Crippen molar-refractivity contribution in [3.05, 3.63) is 194 Å². The monoisotopic (exact) mass is 1030 g/mol. The molecule has 0 amide bonds. The van der Waals surface area contributed by atoms with Gasteiger partial charge in [-0.05, 0) is 122 Å². The van der Waals surface area contributed by atoms with E-state index < -0.39 is 6.10 Å². The van der Waals surface area contributed by atoms with Gasteiger partial charge in [-0.25, -0.2) is 0 Å². The standard InChI is InChI=1S/C69H102O6/c1-4-7-10-13-16-19-22-25-28-31-34-37-40-43-46-49-52-55-58-61-67(70)73-64-66(75-69(72)63-60-57-54-51-48-45-42-39-36-33-30-27-24-21-18-15-12-9-6-3)65-74-68(71)62-59-56-53-50-47-44-41-38-35-32-29-26-23-20-17-14-11-8-5-2/h7-13,16-22,25-31,34-40,43,45-46,48,66H,4-6,14-15,23-24,32-33,41-42,44,47,49-65H2,1-3H3/b10-7-,11-8-,12-9-,16-13-,20-17-,21-18-,22-19-,28-25-,29-26-,30-27-,34-31+,38-35-,39-36-,40-37-,46-43-,48-45-. The average molecular weight is 1030 g/mol. The Labute approximate surface area is 458 Å². The van der Waals surface area contributed by atoms with E-state index in [2.05, 4.69) is 142 Å². The van der Waals surface area contributed by atoms with Gasteiger partial charge in [0.05, 0.1) is 0 Å². The quantitative estimate of drug-likeness (QED) is 0.0199. The maximum absolute atomic E-state index is 12.9. The van der Waals surface area contributed by atoms with Crippen molar-refractivity contribution in [2.45, 2.75) is 207 Å². The summed E-state index contributed by atoms with van der Waals surface area (Å²) in [5.74, 6) is -1.03. The van der Waals surface area contributed by atoms with Crippen LogP contribution in [0.3, 0.4) is 0 Å². The Kier molecular flexibility index (Phi) is 56.1. The Hall–Kier alpha value is -5.75. The maximum atomic E-state index is 12.9. The molecule has 6 heteroatoms. The van der Waals surface area contributed by atoms with Gasteiger partial charge in [0.2, 0.25) is 0 Å². The number of carbonyl (C=O) groups excluding carboxylic acids is 3. The summed E-state index contributed by atoms with van der Waals surface area (Å²) >= 11 is 0. The molecule has 414 valence electrons. The van der Waals surface area contributed by atoms with E-state index in [9.17, 15) is 14.4 Å². The third-order valence-electron chi connectivity index (χ3n) is 11.3. The lowest BCUT2D eigenvalue weighted by Crippen LogP contribution is -2.30. The molecule has 0 radical (unpaired) electrons. The van der Waals surface area contributed by atoms with Crippen molar-refractivity contribution in [1.82, 2.24) is 0 Å². The molecule has 0 spiro atoms. The first-order chi connectivity index (χ1) is 37.0. The van der Waals surface area contributed by atoms with Crippen molar-refractivity contribution in [1.29, 1.82) is 0 Å². The third kappa shape index (κ3) is 59.0. The lowest BCUT2D eigenvalue weighted by molar-refractivity contribution is -0.167. The minimum Gasteiger partial charge on any atom is -0.462 e. The van der Waals surface area contributed by atoms with Crippen LogP contribution >= 0.6 is 0 Å². The summed E-state index contributed by atoms with van der Waals surface area (Å²) in [4.78, 5) is 38.2. The lowest BCUT2D eigenvalue weighted by Gasteiger charge is -2.18. The summed E-state index contributed by atoms with van der Waals surface area (Å²) in [7, 11) is 0. The highest BCUT2D eigenvalue weighted by atomic mass is 16.6. The zero-order chi connectivity index (χ0) is 54.3. The Morgan fingerprint density at radius 3 is 0.920 bits per heavy atom. The Balaban J connectivity index is 4.64. The molecule has 0 aromatic heterocycles. The van der Waals surface area contributed by atoms with Crippen LogP contribution in [0.25, 0.3) is 0 Å². The summed E-state index contributed by atoms with van der Waals surface area (Å²) < 4.78 is 16.8. The fourth-order valence-corrected chi connectivity index (χ4v) is 7.03. The molecule has 0 aliphatic heterocycles. The lowest BCUT2D eigenvalue weighted by atomic mass is 10.1. The van der Waals surface area contributed by atoms with Crippen LogP contribution in [0, 0.1) is 0 Å². The Morgan fingerprint density at radius 2 is 0.547 bits per heavy atom. The van der Waals surface area contributed by atoms with Crippen molar-refractivity contribution >= 4 is 17.9 Å². The second kappa shape index (κ2) is 60.8. The molecule has 0 aromatic carbocycles. The second-order valence-electron chi connectivity index (χ2n) is 18.2. The molecule has 0 rings (SSSR count). The van der Waals surface area contributed by atoms with Gasteiger partial charge in [-0.2, -0.15) is 0 Å². The van der Waals surface area contributed by atoms with Crippen molar-refractivity contribution in [2.24, 2.45) is 0 Å². The highest BCUT2D eigenvalue weighted by Gasteiger charge is 2.19. The molecule has 1 atom stereocenters. The van der Waals surface area contributed by atoms with Crippen LogP contribution in [-0.4, -0.2) is 37.2 Å². The van der Waals surface area contributed by atoms with Gasteiger partial charge in [-0.3, -0.25) is 14.4 Å². The zero-order valence-electron chi connectivity index (χ0n) is 47.2.